The van der Waals surface area contributed by atoms with Crippen molar-refractivity contribution >= 4 is 57.8 Å². The fourth-order valence-corrected chi connectivity index (χ4v) is 4.45. The molecule has 12 heteroatoms. The Hall–Kier alpha value is -3.47. The number of carbonyl (C=O) groups is 2. The third-order valence-electron chi connectivity index (χ3n) is 4.61. The average molecular weight is 508 g/mol. The number of hydrogen-bond acceptors (Lipinski definition) is 7. The van der Waals surface area contributed by atoms with E-state index in [1.807, 2.05) is 0 Å². The van der Waals surface area contributed by atoms with Crippen LogP contribution in [0.25, 0.3) is 10.4 Å². The van der Waals surface area contributed by atoms with E-state index >= 15 is 0 Å². The van der Waals surface area contributed by atoms with E-state index in [1.54, 1.807) is 32.0 Å². The lowest BCUT2D eigenvalue weighted by Crippen LogP contribution is -2.20. The first kappa shape index (κ1) is 24.2. The van der Waals surface area contributed by atoms with E-state index in [9.17, 15) is 24.8 Å². The van der Waals surface area contributed by atoms with Crippen LogP contribution in [0.3, 0.4) is 0 Å². The molecule has 0 aliphatic rings. The lowest BCUT2D eigenvalue weighted by atomic mass is 10.1. The highest BCUT2D eigenvalue weighted by Crippen LogP contribution is 2.43. The van der Waals surface area contributed by atoms with Crippen molar-refractivity contribution in [2.24, 2.45) is 5.10 Å². The minimum atomic E-state index is -1.48. The summed E-state index contributed by atoms with van der Waals surface area (Å²) in [5, 5.41) is 35.6. The highest BCUT2D eigenvalue weighted by atomic mass is 35.5. The standard InChI is InChI=1S/C21H15Cl2N3O6S/c1-9(17-10(2)33-19(18(17)27)11-4-6-14(22)15(23)7-11)24-25-20(28)12-3-5-13(21(29)30)16(8-12)26(31)32/h3-8,27H,1-2H3,(H,25,28)(H,29,30)/b24-9+. The minimum absolute atomic E-state index is 0.0483. The van der Waals surface area contributed by atoms with Crippen LogP contribution in [0, 0.1) is 17.0 Å². The molecule has 0 unspecified atom stereocenters. The first-order valence-electron chi connectivity index (χ1n) is 9.15. The van der Waals surface area contributed by atoms with Crippen molar-refractivity contribution in [1.82, 2.24) is 5.43 Å². The van der Waals surface area contributed by atoms with E-state index in [4.69, 9.17) is 28.3 Å². The number of carboxylic acid groups (broad SMARTS) is 1. The fourth-order valence-electron chi connectivity index (χ4n) is 3.05. The zero-order valence-corrected chi connectivity index (χ0v) is 19.4. The smallest absolute Gasteiger partial charge is 0.342 e. The molecule has 2 aromatic carbocycles. The van der Waals surface area contributed by atoms with Crippen LogP contribution in [0.4, 0.5) is 5.69 Å². The van der Waals surface area contributed by atoms with Gasteiger partial charge in [0.25, 0.3) is 11.6 Å². The van der Waals surface area contributed by atoms with E-state index in [-0.39, 0.29) is 17.0 Å². The van der Waals surface area contributed by atoms with Gasteiger partial charge in [0.2, 0.25) is 0 Å². The van der Waals surface area contributed by atoms with Crippen LogP contribution in [-0.2, 0) is 0 Å². The Bertz CT molecular complexity index is 1340. The van der Waals surface area contributed by atoms with Crippen molar-refractivity contribution in [1.29, 1.82) is 0 Å². The van der Waals surface area contributed by atoms with Crippen molar-refractivity contribution in [2.45, 2.75) is 13.8 Å². The summed E-state index contributed by atoms with van der Waals surface area (Å²) in [4.78, 5) is 35.1. The Morgan fingerprint density at radius 2 is 1.85 bits per heavy atom. The number of amides is 1. The summed E-state index contributed by atoms with van der Waals surface area (Å²) < 4.78 is 0. The van der Waals surface area contributed by atoms with E-state index < -0.39 is 28.1 Å². The topological polar surface area (TPSA) is 142 Å². The Morgan fingerprint density at radius 1 is 1.15 bits per heavy atom. The van der Waals surface area contributed by atoms with E-state index in [0.29, 0.717) is 26.0 Å². The fraction of sp³-hybridized carbons (Fsp3) is 0.0952. The second kappa shape index (κ2) is 9.57. The number of rotatable bonds is 6. The van der Waals surface area contributed by atoms with Crippen LogP contribution in [0.2, 0.25) is 10.0 Å². The van der Waals surface area contributed by atoms with Crippen LogP contribution in [0.5, 0.6) is 5.75 Å². The Labute approximate surface area is 201 Å². The van der Waals surface area contributed by atoms with Gasteiger partial charge in [0.15, 0.2) is 0 Å². The van der Waals surface area contributed by atoms with Gasteiger partial charge in [-0.25, -0.2) is 10.2 Å². The third-order valence-corrected chi connectivity index (χ3v) is 6.50. The molecule has 1 aromatic heterocycles. The van der Waals surface area contributed by atoms with Crippen molar-refractivity contribution in [2.75, 3.05) is 0 Å². The molecule has 0 saturated carbocycles. The maximum Gasteiger partial charge on any atom is 0.342 e. The Kier molecular flexibility index (Phi) is 7.01. The van der Waals surface area contributed by atoms with Crippen molar-refractivity contribution in [3.63, 3.8) is 0 Å². The molecule has 1 amide bonds. The quantitative estimate of drug-likeness (QED) is 0.228. The first-order chi connectivity index (χ1) is 15.5. The van der Waals surface area contributed by atoms with Crippen LogP contribution in [-0.4, -0.2) is 32.7 Å². The molecule has 3 rings (SSSR count). The summed E-state index contributed by atoms with van der Waals surface area (Å²) in [6.07, 6.45) is 0. The number of hydrogen-bond donors (Lipinski definition) is 3. The van der Waals surface area contributed by atoms with Crippen LogP contribution in [0.1, 0.15) is 38.1 Å². The summed E-state index contributed by atoms with van der Waals surface area (Å²) in [7, 11) is 0. The molecule has 0 spiro atoms. The number of aryl methyl sites for hydroxylation is 1. The number of thiophene rings is 1. The highest BCUT2D eigenvalue weighted by molar-refractivity contribution is 7.16. The molecule has 0 radical (unpaired) electrons. The molecule has 3 aromatic rings. The summed E-state index contributed by atoms with van der Waals surface area (Å²) in [6, 6.07) is 7.94. The van der Waals surface area contributed by atoms with Crippen molar-refractivity contribution in [3.05, 3.63) is 78.1 Å². The van der Waals surface area contributed by atoms with Gasteiger partial charge in [-0.15, -0.1) is 11.3 Å². The molecule has 1 heterocycles. The number of aromatic carboxylic acids is 1. The predicted molar refractivity (Wildman–Crippen MR) is 126 cm³/mol. The van der Waals surface area contributed by atoms with Gasteiger partial charge >= 0.3 is 5.97 Å². The Balaban J connectivity index is 1.89. The first-order valence-corrected chi connectivity index (χ1v) is 10.7. The zero-order chi connectivity index (χ0) is 24.4. The second-order valence-corrected chi connectivity index (χ2v) is 8.81. The number of hydrazone groups is 1. The van der Waals surface area contributed by atoms with Gasteiger partial charge in [-0.2, -0.15) is 5.10 Å². The second-order valence-electron chi connectivity index (χ2n) is 6.77. The van der Waals surface area contributed by atoms with Gasteiger partial charge in [0.05, 0.1) is 31.1 Å². The van der Waals surface area contributed by atoms with Gasteiger partial charge in [-0.05, 0) is 43.7 Å². The summed E-state index contributed by atoms with van der Waals surface area (Å²) in [5.41, 5.74) is 2.22. The molecule has 170 valence electrons. The van der Waals surface area contributed by atoms with Gasteiger partial charge in [0.1, 0.15) is 11.3 Å². The van der Waals surface area contributed by atoms with Crippen LogP contribution < -0.4 is 5.43 Å². The molecule has 0 aliphatic heterocycles. The maximum atomic E-state index is 12.4. The Morgan fingerprint density at radius 3 is 2.45 bits per heavy atom. The molecule has 0 aliphatic carbocycles. The normalized spacial score (nSPS) is 11.3. The highest BCUT2D eigenvalue weighted by Gasteiger charge is 2.23. The number of nitrogens with zero attached hydrogens (tertiary/aromatic N) is 2. The number of aromatic hydroxyl groups is 1. The number of benzene rings is 2. The summed E-state index contributed by atoms with van der Waals surface area (Å²) in [6.45, 7) is 3.35. The number of carboxylic acids is 1. The summed E-state index contributed by atoms with van der Waals surface area (Å²) in [5.74, 6) is -2.32. The van der Waals surface area contributed by atoms with E-state index in [1.165, 1.54) is 11.3 Å². The number of nitro groups is 1. The maximum absolute atomic E-state index is 12.4. The molecular weight excluding hydrogens is 493 g/mol. The molecular formula is C21H15Cl2N3O6S. The molecule has 33 heavy (non-hydrogen) atoms. The number of nitrogens with one attached hydrogen (secondary N) is 1. The monoisotopic (exact) mass is 507 g/mol. The van der Waals surface area contributed by atoms with Crippen LogP contribution in [0.15, 0.2) is 41.5 Å². The lowest BCUT2D eigenvalue weighted by Gasteiger charge is -2.05. The third kappa shape index (κ3) is 4.98. The lowest BCUT2D eigenvalue weighted by molar-refractivity contribution is -0.385. The molecule has 0 saturated heterocycles. The molecule has 0 atom stereocenters. The molecule has 9 nitrogen and oxygen atoms in total. The molecule has 0 fully saturated rings. The average Bonchev–Trinajstić information content (AvgIpc) is 3.07. The van der Waals surface area contributed by atoms with Gasteiger partial charge < -0.3 is 10.2 Å². The van der Waals surface area contributed by atoms with Crippen molar-refractivity contribution in [3.8, 4) is 16.2 Å². The van der Waals surface area contributed by atoms with Gasteiger partial charge in [-0.3, -0.25) is 14.9 Å². The minimum Gasteiger partial charge on any atom is -0.506 e. The molecule has 3 N–H and O–H groups in total. The predicted octanol–water partition coefficient (Wildman–Crippen LogP) is 5.50. The number of halogens is 2. The van der Waals surface area contributed by atoms with Gasteiger partial charge in [0, 0.05) is 16.5 Å². The SMILES string of the molecule is C/C(=N\NC(=O)c1ccc(C(=O)O)c([N+](=O)[O-])c1)c1c(C)sc(-c2ccc(Cl)c(Cl)c2)c1O. The van der Waals surface area contributed by atoms with Crippen LogP contribution >= 0.6 is 34.5 Å². The van der Waals surface area contributed by atoms with E-state index in [2.05, 4.69) is 10.5 Å². The summed E-state index contributed by atoms with van der Waals surface area (Å²) >= 11 is 13.3. The van der Waals surface area contributed by atoms with Gasteiger partial charge in [-0.1, -0.05) is 29.3 Å². The number of nitro benzene ring substituents is 1. The molecule has 0 bridgehead atoms. The van der Waals surface area contributed by atoms with Crippen molar-refractivity contribution < 1.29 is 24.7 Å². The zero-order valence-electron chi connectivity index (χ0n) is 17.1. The van der Waals surface area contributed by atoms with E-state index in [0.717, 1.165) is 23.1 Å². The number of carbonyl (C=O) groups excluding carboxylic acids is 1. The largest absolute Gasteiger partial charge is 0.506 e.